The molecule has 1 aromatic rings. The van der Waals surface area contributed by atoms with Gasteiger partial charge < -0.3 is 4.90 Å². The van der Waals surface area contributed by atoms with Gasteiger partial charge in [-0.3, -0.25) is 4.79 Å². The fourth-order valence-corrected chi connectivity index (χ4v) is 4.38. The van der Waals surface area contributed by atoms with Crippen LogP contribution in [0.5, 0.6) is 0 Å². The maximum atomic E-state index is 12.8. The van der Waals surface area contributed by atoms with Crippen molar-refractivity contribution >= 4 is 15.9 Å². The number of carbonyl (C=O) groups excluding carboxylic acids is 1. The van der Waals surface area contributed by atoms with Crippen LogP contribution in [0.25, 0.3) is 0 Å². The average molecular weight is 353 g/mol. The summed E-state index contributed by atoms with van der Waals surface area (Å²) in [6, 6.07) is 7.09. The van der Waals surface area contributed by atoms with E-state index >= 15 is 0 Å². The first kappa shape index (κ1) is 18.9. The van der Waals surface area contributed by atoms with E-state index in [0.29, 0.717) is 49.8 Å². The van der Waals surface area contributed by atoms with Gasteiger partial charge in [0.25, 0.3) is 0 Å². The molecule has 0 aliphatic carbocycles. The Bertz CT molecular complexity index is 653. The second kappa shape index (κ2) is 8.12. The lowest BCUT2D eigenvalue weighted by Gasteiger charge is -2.22. The summed E-state index contributed by atoms with van der Waals surface area (Å²) in [6.45, 7) is 8.01. The Hall–Kier alpha value is -1.40. The van der Waals surface area contributed by atoms with E-state index in [4.69, 9.17) is 0 Å². The molecule has 1 amide bonds. The first-order chi connectivity index (χ1) is 11.3. The van der Waals surface area contributed by atoms with Crippen molar-refractivity contribution in [1.82, 2.24) is 9.21 Å². The van der Waals surface area contributed by atoms with Gasteiger partial charge in [-0.2, -0.15) is 4.31 Å². The summed E-state index contributed by atoms with van der Waals surface area (Å²) >= 11 is 0. The van der Waals surface area contributed by atoms with Crippen LogP contribution in [0.3, 0.4) is 0 Å². The predicted molar refractivity (Wildman–Crippen MR) is 95.2 cm³/mol. The summed E-state index contributed by atoms with van der Waals surface area (Å²) in [5.41, 5.74) is 1.12. The highest BCUT2D eigenvalue weighted by atomic mass is 32.2. The lowest BCUT2D eigenvalue weighted by Crippen LogP contribution is -2.37. The Kier molecular flexibility index (Phi) is 6.40. The maximum absolute atomic E-state index is 12.8. The van der Waals surface area contributed by atoms with Crippen molar-refractivity contribution < 1.29 is 13.2 Å². The van der Waals surface area contributed by atoms with Crippen LogP contribution in [-0.2, 0) is 21.2 Å². The van der Waals surface area contributed by atoms with Crippen molar-refractivity contribution in [2.24, 2.45) is 5.92 Å². The van der Waals surface area contributed by atoms with E-state index in [1.807, 2.05) is 32.9 Å². The van der Waals surface area contributed by atoms with Gasteiger partial charge in [-0.15, -0.1) is 0 Å². The van der Waals surface area contributed by atoms with Crippen molar-refractivity contribution in [3.05, 3.63) is 29.8 Å². The quantitative estimate of drug-likeness (QED) is 0.818. The molecule has 0 N–H and O–H groups in total. The zero-order valence-electron chi connectivity index (χ0n) is 14.9. The summed E-state index contributed by atoms with van der Waals surface area (Å²) in [7, 11) is -3.49. The fourth-order valence-electron chi connectivity index (χ4n) is 2.91. The molecular formula is C18H28N2O3S. The second-order valence-electron chi connectivity index (χ2n) is 6.73. The zero-order chi connectivity index (χ0) is 17.7. The number of carbonyl (C=O) groups is 1. The highest BCUT2D eigenvalue weighted by Gasteiger charge is 2.28. The average Bonchev–Trinajstić information content (AvgIpc) is 2.81. The van der Waals surface area contributed by atoms with Crippen molar-refractivity contribution in [2.75, 3.05) is 26.2 Å². The van der Waals surface area contributed by atoms with Crippen LogP contribution in [0.15, 0.2) is 29.2 Å². The van der Waals surface area contributed by atoms with Gasteiger partial charge >= 0.3 is 0 Å². The Morgan fingerprint density at radius 3 is 2.33 bits per heavy atom. The van der Waals surface area contributed by atoms with Gasteiger partial charge in [0, 0.05) is 32.6 Å². The minimum atomic E-state index is -3.49. The predicted octanol–water partition coefficient (Wildman–Crippen LogP) is 2.52. The molecule has 0 aromatic heterocycles. The molecule has 0 saturated carbocycles. The molecule has 0 bridgehead atoms. The SMILES string of the molecule is CCc1ccc(S(=O)(=O)N2CCCN(C(=O)CC(C)C)CC2)cc1. The minimum Gasteiger partial charge on any atom is -0.341 e. The van der Waals surface area contributed by atoms with Gasteiger partial charge in [-0.25, -0.2) is 8.42 Å². The van der Waals surface area contributed by atoms with E-state index in [0.717, 1.165) is 12.0 Å². The Labute approximate surface area is 145 Å². The summed E-state index contributed by atoms with van der Waals surface area (Å²) in [5.74, 6) is 0.439. The smallest absolute Gasteiger partial charge is 0.243 e. The van der Waals surface area contributed by atoms with Crippen LogP contribution in [0.4, 0.5) is 0 Å². The highest BCUT2D eigenvalue weighted by Crippen LogP contribution is 2.19. The second-order valence-corrected chi connectivity index (χ2v) is 8.67. The molecule has 0 radical (unpaired) electrons. The van der Waals surface area contributed by atoms with Gasteiger partial charge in [0.2, 0.25) is 15.9 Å². The van der Waals surface area contributed by atoms with E-state index in [9.17, 15) is 13.2 Å². The Morgan fingerprint density at radius 1 is 1.08 bits per heavy atom. The third kappa shape index (κ3) is 4.57. The molecule has 1 saturated heterocycles. The molecule has 2 rings (SSSR count). The Balaban J connectivity index is 2.07. The zero-order valence-corrected chi connectivity index (χ0v) is 15.7. The molecule has 1 aromatic carbocycles. The number of nitrogens with zero attached hydrogens (tertiary/aromatic N) is 2. The maximum Gasteiger partial charge on any atom is 0.243 e. The molecule has 6 heteroatoms. The standard InChI is InChI=1S/C18H28N2O3S/c1-4-16-6-8-17(9-7-16)24(22,23)20-11-5-10-19(12-13-20)18(21)14-15(2)3/h6-9,15H,4-5,10-14H2,1-3H3. The number of amides is 1. The Morgan fingerprint density at radius 2 is 1.75 bits per heavy atom. The van der Waals surface area contributed by atoms with E-state index in [-0.39, 0.29) is 5.91 Å². The fraction of sp³-hybridized carbons (Fsp3) is 0.611. The molecular weight excluding hydrogens is 324 g/mol. The number of benzene rings is 1. The molecule has 0 unspecified atom stereocenters. The molecule has 1 aliphatic rings. The summed E-state index contributed by atoms with van der Waals surface area (Å²) in [6.07, 6.45) is 2.08. The first-order valence-corrected chi connectivity index (χ1v) is 10.2. The number of rotatable bonds is 5. The lowest BCUT2D eigenvalue weighted by molar-refractivity contribution is -0.131. The highest BCUT2D eigenvalue weighted by molar-refractivity contribution is 7.89. The monoisotopic (exact) mass is 352 g/mol. The summed E-state index contributed by atoms with van der Waals surface area (Å²) < 4.78 is 27.1. The minimum absolute atomic E-state index is 0.122. The number of aryl methyl sites for hydroxylation is 1. The van der Waals surface area contributed by atoms with Gasteiger partial charge in [-0.1, -0.05) is 32.9 Å². The van der Waals surface area contributed by atoms with Crippen LogP contribution in [0.2, 0.25) is 0 Å². The van der Waals surface area contributed by atoms with Gasteiger partial charge in [0.15, 0.2) is 0 Å². The molecule has 24 heavy (non-hydrogen) atoms. The van der Waals surface area contributed by atoms with Crippen LogP contribution >= 0.6 is 0 Å². The van der Waals surface area contributed by atoms with Crippen LogP contribution in [-0.4, -0.2) is 49.7 Å². The first-order valence-electron chi connectivity index (χ1n) is 8.71. The largest absolute Gasteiger partial charge is 0.341 e. The third-order valence-electron chi connectivity index (χ3n) is 4.36. The number of sulfonamides is 1. The summed E-state index contributed by atoms with van der Waals surface area (Å²) in [5, 5.41) is 0. The lowest BCUT2D eigenvalue weighted by atomic mass is 10.1. The van der Waals surface area contributed by atoms with E-state index < -0.39 is 10.0 Å². The molecule has 134 valence electrons. The molecule has 5 nitrogen and oxygen atoms in total. The van der Waals surface area contributed by atoms with Gasteiger partial charge in [0.1, 0.15) is 0 Å². The molecule has 0 atom stereocenters. The molecule has 1 aliphatic heterocycles. The normalized spacial score (nSPS) is 17.1. The number of hydrogen-bond donors (Lipinski definition) is 0. The molecule has 1 fully saturated rings. The van der Waals surface area contributed by atoms with Crippen molar-refractivity contribution in [3.8, 4) is 0 Å². The number of hydrogen-bond acceptors (Lipinski definition) is 3. The van der Waals surface area contributed by atoms with Crippen molar-refractivity contribution in [1.29, 1.82) is 0 Å². The topological polar surface area (TPSA) is 57.7 Å². The van der Waals surface area contributed by atoms with Gasteiger partial charge in [0.05, 0.1) is 4.90 Å². The van der Waals surface area contributed by atoms with Gasteiger partial charge in [-0.05, 0) is 36.5 Å². The van der Waals surface area contributed by atoms with Crippen LogP contribution < -0.4 is 0 Å². The molecule has 1 heterocycles. The van der Waals surface area contributed by atoms with E-state index in [1.54, 1.807) is 17.0 Å². The third-order valence-corrected chi connectivity index (χ3v) is 6.27. The van der Waals surface area contributed by atoms with E-state index in [2.05, 4.69) is 0 Å². The van der Waals surface area contributed by atoms with Crippen molar-refractivity contribution in [3.63, 3.8) is 0 Å². The van der Waals surface area contributed by atoms with Crippen LogP contribution in [0.1, 0.15) is 39.2 Å². The van der Waals surface area contributed by atoms with E-state index in [1.165, 1.54) is 4.31 Å². The van der Waals surface area contributed by atoms with Crippen molar-refractivity contribution in [2.45, 2.75) is 44.9 Å². The molecule has 0 spiro atoms. The summed E-state index contributed by atoms with van der Waals surface area (Å²) in [4.78, 5) is 14.4. The van der Waals surface area contributed by atoms with Crippen LogP contribution in [0, 0.1) is 5.92 Å².